The normalized spacial score (nSPS) is 10.5. The van der Waals surface area contributed by atoms with Crippen molar-refractivity contribution in [1.82, 2.24) is 10.3 Å². The average Bonchev–Trinajstić information content (AvgIpc) is 2.65. The molecule has 0 bridgehead atoms. The molecule has 7 nitrogen and oxygen atoms in total. The molecule has 7 heteroatoms. The van der Waals surface area contributed by atoms with Crippen molar-refractivity contribution >= 4 is 17.6 Å². The molecule has 0 saturated heterocycles. The highest BCUT2D eigenvalue weighted by Crippen LogP contribution is 2.16. The number of pyridine rings is 1. The third-order valence-electron chi connectivity index (χ3n) is 3.22. The minimum Gasteiger partial charge on any atom is -0.465 e. The maximum atomic E-state index is 12.2. The van der Waals surface area contributed by atoms with Gasteiger partial charge in [0.25, 0.3) is 5.91 Å². The molecule has 1 aromatic carbocycles. The molecular weight excluding hydrogens is 320 g/mol. The Morgan fingerprint density at radius 2 is 2.08 bits per heavy atom. The number of rotatable bonds is 6. The number of ether oxygens (including phenoxy) is 1. The summed E-state index contributed by atoms with van der Waals surface area (Å²) in [5, 5.41) is 14.6. The van der Waals surface area contributed by atoms with Gasteiger partial charge < -0.3 is 15.4 Å². The van der Waals surface area contributed by atoms with E-state index in [2.05, 4.69) is 20.4 Å². The number of nitrogens with zero attached hydrogens (tertiary/aromatic N) is 2. The van der Waals surface area contributed by atoms with Crippen LogP contribution in [0.3, 0.4) is 0 Å². The molecule has 126 valence electrons. The van der Waals surface area contributed by atoms with Crippen LogP contribution in [0.1, 0.15) is 15.9 Å². The van der Waals surface area contributed by atoms with Gasteiger partial charge in [0.1, 0.15) is 11.6 Å². The number of benzene rings is 1. The number of amides is 1. The van der Waals surface area contributed by atoms with Crippen LogP contribution in [0.4, 0.5) is 5.69 Å². The van der Waals surface area contributed by atoms with Crippen molar-refractivity contribution in [3.63, 3.8) is 0 Å². The summed E-state index contributed by atoms with van der Waals surface area (Å²) in [5.74, 6) is -1.20. The molecule has 1 aromatic heterocycles. The first kappa shape index (κ1) is 17.7. The molecule has 0 radical (unpaired) electrons. The third-order valence-corrected chi connectivity index (χ3v) is 3.22. The van der Waals surface area contributed by atoms with Crippen molar-refractivity contribution in [3.05, 3.63) is 71.7 Å². The first-order valence-corrected chi connectivity index (χ1v) is 7.37. The Morgan fingerprint density at radius 3 is 2.76 bits per heavy atom. The van der Waals surface area contributed by atoms with Gasteiger partial charge in [-0.1, -0.05) is 18.2 Å². The lowest BCUT2D eigenvalue weighted by Gasteiger charge is -2.09. The van der Waals surface area contributed by atoms with Crippen LogP contribution in [-0.2, 0) is 16.1 Å². The first-order chi connectivity index (χ1) is 12.2. The number of aromatic nitrogens is 1. The van der Waals surface area contributed by atoms with E-state index in [-0.39, 0.29) is 16.8 Å². The van der Waals surface area contributed by atoms with E-state index in [0.29, 0.717) is 6.54 Å². The van der Waals surface area contributed by atoms with Crippen molar-refractivity contribution in [2.75, 3.05) is 12.4 Å². The summed E-state index contributed by atoms with van der Waals surface area (Å²) in [6.07, 6.45) is 4.66. The number of methoxy groups -OCH3 is 1. The van der Waals surface area contributed by atoms with E-state index >= 15 is 0 Å². The summed E-state index contributed by atoms with van der Waals surface area (Å²) < 4.78 is 4.67. The molecule has 2 rings (SSSR count). The van der Waals surface area contributed by atoms with Crippen molar-refractivity contribution in [2.24, 2.45) is 0 Å². The highest BCUT2D eigenvalue weighted by atomic mass is 16.5. The Morgan fingerprint density at radius 1 is 1.28 bits per heavy atom. The standard InChI is InChI=1S/C18H16N4O3/c1-25-18(24)15-6-2-3-7-16(15)22-17(23)14(9-19)12-21-11-13-5-4-8-20-10-13/h2-8,10,12,21H,11H2,1H3,(H,22,23)/b14-12-. The molecule has 0 unspecified atom stereocenters. The number of carbonyl (C=O) groups excluding carboxylic acids is 2. The fourth-order valence-electron chi connectivity index (χ4n) is 1.99. The molecule has 1 amide bonds. The highest BCUT2D eigenvalue weighted by molar-refractivity contribution is 6.09. The van der Waals surface area contributed by atoms with Gasteiger partial charge in [0.05, 0.1) is 18.4 Å². The van der Waals surface area contributed by atoms with Crippen molar-refractivity contribution < 1.29 is 14.3 Å². The summed E-state index contributed by atoms with van der Waals surface area (Å²) in [5.41, 5.74) is 1.27. The van der Waals surface area contributed by atoms with Gasteiger partial charge in [0.2, 0.25) is 0 Å². The van der Waals surface area contributed by atoms with Gasteiger partial charge in [-0.2, -0.15) is 5.26 Å². The molecule has 0 saturated carbocycles. The van der Waals surface area contributed by atoms with E-state index in [1.54, 1.807) is 36.7 Å². The molecule has 0 spiro atoms. The molecular formula is C18H16N4O3. The molecule has 0 aliphatic carbocycles. The Bertz CT molecular complexity index is 826. The van der Waals surface area contributed by atoms with Crippen molar-refractivity contribution in [2.45, 2.75) is 6.54 Å². The zero-order valence-corrected chi connectivity index (χ0v) is 13.5. The molecule has 2 aromatic rings. The lowest BCUT2D eigenvalue weighted by atomic mass is 10.1. The number of para-hydroxylation sites is 1. The summed E-state index contributed by atoms with van der Waals surface area (Å²) in [7, 11) is 1.25. The van der Waals surface area contributed by atoms with Gasteiger partial charge in [-0.25, -0.2) is 4.79 Å². The molecule has 1 heterocycles. The minimum absolute atomic E-state index is 0.122. The Balaban J connectivity index is 2.07. The smallest absolute Gasteiger partial charge is 0.339 e. The second-order valence-electron chi connectivity index (χ2n) is 4.90. The van der Waals surface area contributed by atoms with Crippen LogP contribution in [-0.4, -0.2) is 24.0 Å². The number of anilines is 1. The largest absolute Gasteiger partial charge is 0.465 e. The maximum Gasteiger partial charge on any atom is 0.339 e. The molecule has 0 atom stereocenters. The van der Waals surface area contributed by atoms with Gasteiger partial charge >= 0.3 is 5.97 Å². The Labute approximate surface area is 145 Å². The topological polar surface area (TPSA) is 104 Å². The van der Waals surface area contributed by atoms with Gasteiger partial charge in [-0.05, 0) is 23.8 Å². The fourth-order valence-corrected chi connectivity index (χ4v) is 1.99. The van der Waals surface area contributed by atoms with Crippen molar-refractivity contribution in [3.8, 4) is 6.07 Å². The summed E-state index contributed by atoms with van der Waals surface area (Å²) in [4.78, 5) is 27.9. The van der Waals surface area contributed by atoms with Crippen LogP contribution < -0.4 is 10.6 Å². The molecule has 0 aliphatic heterocycles. The summed E-state index contributed by atoms with van der Waals surface area (Å²) >= 11 is 0. The first-order valence-electron chi connectivity index (χ1n) is 7.37. The average molecular weight is 336 g/mol. The van der Waals surface area contributed by atoms with E-state index in [1.165, 1.54) is 19.4 Å². The number of nitriles is 1. The maximum absolute atomic E-state index is 12.2. The quantitative estimate of drug-likeness (QED) is 0.475. The molecule has 25 heavy (non-hydrogen) atoms. The number of carbonyl (C=O) groups is 2. The second-order valence-corrected chi connectivity index (χ2v) is 4.90. The van der Waals surface area contributed by atoms with Crippen LogP contribution in [0, 0.1) is 11.3 Å². The molecule has 0 fully saturated rings. The van der Waals surface area contributed by atoms with Gasteiger partial charge in [-0.3, -0.25) is 9.78 Å². The van der Waals surface area contributed by atoms with E-state index < -0.39 is 11.9 Å². The summed E-state index contributed by atoms with van der Waals surface area (Å²) in [6, 6.07) is 11.9. The van der Waals surface area contributed by atoms with Crippen molar-refractivity contribution in [1.29, 1.82) is 5.26 Å². The van der Waals surface area contributed by atoms with Crippen LogP contribution in [0.25, 0.3) is 0 Å². The number of hydrogen-bond acceptors (Lipinski definition) is 6. The fraction of sp³-hybridized carbons (Fsp3) is 0.111. The number of esters is 1. The lowest BCUT2D eigenvalue weighted by molar-refractivity contribution is -0.112. The van der Waals surface area contributed by atoms with Gasteiger partial charge in [-0.15, -0.1) is 0 Å². The van der Waals surface area contributed by atoms with E-state index in [0.717, 1.165) is 5.56 Å². The third kappa shape index (κ3) is 4.91. The van der Waals surface area contributed by atoms with Gasteiger partial charge in [0.15, 0.2) is 0 Å². The van der Waals surface area contributed by atoms with Crippen LogP contribution in [0.15, 0.2) is 60.6 Å². The van der Waals surface area contributed by atoms with E-state index in [4.69, 9.17) is 0 Å². The van der Waals surface area contributed by atoms with Crippen LogP contribution >= 0.6 is 0 Å². The highest BCUT2D eigenvalue weighted by Gasteiger charge is 2.15. The monoisotopic (exact) mass is 336 g/mol. The zero-order valence-electron chi connectivity index (χ0n) is 13.5. The molecule has 2 N–H and O–H groups in total. The second kappa shape index (κ2) is 8.84. The van der Waals surface area contributed by atoms with E-state index in [9.17, 15) is 14.9 Å². The predicted molar refractivity (Wildman–Crippen MR) is 91.2 cm³/mol. The van der Waals surface area contributed by atoms with E-state index in [1.807, 2.05) is 12.1 Å². The lowest BCUT2D eigenvalue weighted by Crippen LogP contribution is -2.18. The van der Waals surface area contributed by atoms with Gasteiger partial charge in [0, 0.05) is 25.1 Å². The SMILES string of the molecule is COC(=O)c1ccccc1NC(=O)/C(C#N)=C\NCc1cccnc1. The van der Waals surface area contributed by atoms with Crippen LogP contribution in [0.2, 0.25) is 0 Å². The summed E-state index contributed by atoms with van der Waals surface area (Å²) in [6.45, 7) is 0.422. The number of hydrogen-bond donors (Lipinski definition) is 2. The Hall–Kier alpha value is -3.66. The predicted octanol–water partition coefficient (Wildman–Crippen LogP) is 2.00. The minimum atomic E-state index is -0.627. The van der Waals surface area contributed by atoms with Crippen LogP contribution in [0.5, 0.6) is 0 Å². The number of nitrogens with one attached hydrogen (secondary N) is 2. The molecule has 0 aliphatic rings. The Kier molecular flexibility index (Phi) is 6.25. The zero-order chi connectivity index (χ0) is 18.1.